The molecule has 39 heavy (non-hydrogen) atoms. The van der Waals surface area contributed by atoms with Crippen LogP contribution in [0.3, 0.4) is 0 Å². The maximum absolute atomic E-state index is 13.3. The lowest BCUT2D eigenvalue weighted by Crippen LogP contribution is -2.44. The second-order valence-electron chi connectivity index (χ2n) is 9.83. The predicted molar refractivity (Wildman–Crippen MR) is 140 cm³/mol. The minimum absolute atomic E-state index is 0.107. The maximum atomic E-state index is 13.3. The van der Waals surface area contributed by atoms with Crippen molar-refractivity contribution in [2.24, 2.45) is 0 Å². The van der Waals surface area contributed by atoms with Crippen molar-refractivity contribution in [2.45, 2.75) is 45.1 Å². The summed E-state index contributed by atoms with van der Waals surface area (Å²) < 4.78 is 14.8. The molecule has 0 aliphatic carbocycles. The monoisotopic (exact) mass is 524 g/mol. The van der Waals surface area contributed by atoms with Gasteiger partial charge in [-0.3, -0.25) is 4.79 Å². The van der Waals surface area contributed by atoms with Crippen LogP contribution < -0.4 is 10.3 Å². The summed E-state index contributed by atoms with van der Waals surface area (Å²) >= 11 is 0. The first-order chi connectivity index (χ1) is 19.0. The summed E-state index contributed by atoms with van der Waals surface area (Å²) in [6, 6.07) is 9.45. The van der Waals surface area contributed by atoms with Gasteiger partial charge in [-0.15, -0.1) is 0 Å². The third-order valence-corrected chi connectivity index (χ3v) is 7.57. The lowest BCUT2D eigenvalue weighted by molar-refractivity contribution is -0.172. The predicted octanol–water partition coefficient (Wildman–Crippen LogP) is 2.69. The second kappa shape index (κ2) is 8.70. The molecule has 6 heterocycles. The molecule has 196 valence electrons. The summed E-state index contributed by atoms with van der Waals surface area (Å²) in [7, 11) is 0. The number of nitrogens with zero attached hydrogens (tertiary/aromatic N) is 6. The van der Waals surface area contributed by atoms with Gasteiger partial charge in [0.2, 0.25) is 0 Å². The van der Waals surface area contributed by atoms with E-state index in [1.54, 1.807) is 30.1 Å². The number of rotatable bonds is 6. The number of benzene rings is 1. The standard InChI is InChI=1S/C28H24N6O5/c1-2-28(37)20-10-23-24-17(12-34(23)26(35)19(20)13-39-27(28)36)8-16-9-18(4-5-21(16)32-24)38-7-3-6-33-15-31-22-11-29-14-30-25(22)33/h4-5,8-11,14-15,37H,2-3,6-7,12-13H2,1H3/t28-/m0/s1. The van der Waals surface area contributed by atoms with Crippen molar-refractivity contribution in [1.82, 2.24) is 29.1 Å². The Morgan fingerprint density at radius 3 is 2.92 bits per heavy atom. The van der Waals surface area contributed by atoms with Crippen molar-refractivity contribution in [2.75, 3.05) is 6.61 Å². The Hall–Kier alpha value is -4.64. The number of hydrogen-bond donors (Lipinski definition) is 1. The molecule has 0 spiro atoms. The van der Waals surface area contributed by atoms with E-state index in [0.29, 0.717) is 35.7 Å². The molecular formula is C28H24N6O5. The van der Waals surface area contributed by atoms with Crippen molar-refractivity contribution in [3.8, 4) is 17.1 Å². The van der Waals surface area contributed by atoms with Crippen LogP contribution in [0.2, 0.25) is 0 Å². The number of aliphatic hydroxyl groups is 1. The van der Waals surface area contributed by atoms with Gasteiger partial charge in [-0.1, -0.05) is 6.92 Å². The van der Waals surface area contributed by atoms with Crippen molar-refractivity contribution < 1.29 is 19.4 Å². The molecule has 0 radical (unpaired) electrons. The summed E-state index contributed by atoms with van der Waals surface area (Å²) in [5, 5.41) is 11.9. The van der Waals surface area contributed by atoms with Gasteiger partial charge in [0.05, 0.1) is 48.1 Å². The molecule has 0 amide bonds. The molecular weight excluding hydrogens is 500 g/mol. The molecule has 0 saturated carbocycles. The fourth-order valence-corrected chi connectivity index (χ4v) is 5.46. The number of aryl methyl sites for hydroxylation is 1. The average molecular weight is 525 g/mol. The Morgan fingerprint density at radius 1 is 1.15 bits per heavy atom. The number of aromatic nitrogens is 6. The number of imidazole rings is 1. The minimum Gasteiger partial charge on any atom is -0.494 e. The van der Waals surface area contributed by atoms with Gasteiger partial charge in [-0.2, -0.15) is 0 Å². The quantitative estimate of drug-likeness (QED) is 0.258. The SMILES string of the molecule is CC[C@@]1(O)C(=O)OCc2c1cc1n(c2=O)Cc2cc3cc(OCCCn4cnc5cncnc54)ccc3nc2-1. The Morgan fingerprint density at radius 2 is 2.05 bits per heavy atom. The maximum Gasteiger partial charge on any atom is 0.343 e. The van der Waals surface area contributed by atoms with Gasteiger partial charge in [0, 0.05) is 23.1 Å². The number of fused-ring (bicyclic) bond motifs is 6. The molecule has 5 aromatic rings. The number of hydrogen-bond acceptors (Lipinski definition) is 9. The van der Waals surface area contributed by atoms with E-state index in [1.807, 2.05) is 28.8 Å². The number of cyclic esters (lactones) is 1. The molecule has 7 rings (SSSR count). The zero-order chi connectivity index (χ0) is 26.7. The minimum atomic E-state index is -1.84. The van der Waals surface area contributed by atoms with E-state index in [-0.39, 0.29) is 18.6 Å². The molecule has 1 N–H and O–H groups in total. The highest BCUT2D eigenvalue weighted by Crippen LogP contribution is 2.38. The number of esters is 1. The lowest BCUT2D eigenvalue weighted by atomic mass is 9.86. The molecule has 4 aromatic heterocycles. The first-order valence-corrected chi connectivity index (χ1v) is 12.8. The highest BCUT2D eigenvalue weighted by molar-refractivity contribution is 5.87. The summed E-state index contributed by atoms with van der Waals surface area (Å²) in [4.78, 5) is 43.1. The molecule has 0 saturated heterocycles. The van der Waals surface area contributed by atoms with Gasteiger partial charge < -0.3 is 23.7 Å². The molecule has 11 heteroatoms. The van der Waals surface area contributed by atoms with Gasteiger partial charge >= 0.3 is 5.97 Å². The van der Waals surface area contributed by atoms with Gasteiger partial charge in [0.25, 0.3) is 5.56 Å². The van der Waals surface area contributed by atoms with Crippen molar-refractivity contribution in [3.05, 3.63) is 76.2 Å². The summed E-state index contributed by atoms with van der Waals surface area (Å²) in [5.74, 6) is 0.000270. The lowest BCUT2D eigenvalue weighted by Gasteiger charge is -2.31. The highest BCUT2D eigenvalue weighted by atomic mass is 16.6. The van der Waals surface area contributed by atoms with Crippen LogP contribution in [0.4, 0.5) is 0 Å². The van der Waals surface area contributed by atoms with E-state index in [1.165, 1.54) is 6.33 Å². The van der Waals surface area contributed by atoms with Crippen LogP contribution in [0.15, 0.2) is 54.0 Å². The second-order valence-corrected chi connectivity index (χ2v) is 9.83. The molecule has 0 unspecified atom stereocenters. The fraction of sp³-hybridized carbons (Fsp3) is 0.286. The van der Waals surface area contributed by atoms with Gasteiger partial charge in [0.1, 0.15) is 24.2 Å². The summed E-state index contributed by atoms with van der Waals surface area (Å²) in [6.45, 7) is 3.13. The molecule has 2 aliphatic heterocycles. The molecule has 11 nitrogen and oxygen atoms in total. The van der Waals surface area contributed by atoms with E-state index in [4.69, 9.17) is 14.5 Å². The highest BCUT2D eigenvalue weighted by Gasteiger charge is 2.45. The Kier molecular flexibility index (Phi) is 5.24. The van der Waals surface area contributed by atoms with Crippen LogP contribution in [-0.2, 0) is 34.8 Å². The van der Waals surface area contributed by atoms with Crippen LogP contribution in [-0.4, -0.2) is 46.8 Å². The summed E-state index contributed by atoms with van der Waals surface area (Å²) in [6.07, 6.45) is 5.85. The molecule has 0 fully saturated rings. The molecule has 1 atom stereocenters. The van der Waals surface area contributed by atoms with E-state index < -0.39 is 11.6 Å². The Labute approximate surface area is 221 Å². The van der Waals surface area contributed by atoms with E-state index in [2.05, 4.69) is 15.0 Å². The van der Waals surface area contributed by atoms with Gasteiger partial charge in [-0.25, -0.2) is 24.7 Å². The number of pyridine rings is 2. The van der Waals surface area contributed by atoms with Crippen molar-refractivity contribution >= 4 is 28.0 Å². The number of carbonyl (C=O) groups is 1. The van der Waals surface area contributed by atoms with E-state index >= 15 is 0 Å². The zero-order valence-electron chi connectivity index (χ0n) is 21.1. The van der Waals surface area contributed by atoms with Crippen LogP contribution in [0, 0.1) is 0 Å². The van der Waals surface area contributed by atoms with Crippen molar-refractivity contribution in [1.29, 1.82) is 0 Å². The number of ether oxygens (including phenoxy) is 2. The third kappa shape index (κ3) is 3.61. The first-order valence-electron chi connectivity index (χ1n) is 12.8. The number of carbonyl (C=O) groups excluding carboxylic acids is 1. The van der Waals surface area contributed by atoms with Gasteiger partial charge in [-0.05, 0) is 43.2 Å². The van der Waals surface area contributed by atoms with Gasteiger partial charge in [0.15, 0.2) is 11.2 Å². The Balaban J connectivity index is 1.14. The topological polar surface area (TPSA) is 134 Å². The largest absolute Gasteiger partial charge is 0.494 e. The molecule has 2 aliphatic rings. The third-order valence-electron chi connectivity index (χ3n) is 7.57. The van der Waals surface area contributed by atoms with E-state index in [0.717, 1.165) is 46.3 Å². The average Bonchev–Trinajstić information content (AvgIpc) is 3.53. The van der Waals surface area contributed by atoms with E-state index in [9.17, 15) is 14.7 Å². The smallest absolute Gasteiger partial charge is 0.343 e. The first kappa shape index (κ1) is 23.5. The van der Waals surface area contributed by atoms with Crippen LogP contribution in [0.1, 0.15) is 36.5 Å². The van der Waals surface area contributed by atoms with Crippen LogP contribution in [0.5, 0.6) is 5.75 Å². The van der Waals surface area contributed by atoms with Crippen LogP contribution in [0.25, 0.3) is 33.5 Å². The van der Waals surface area contributed by atoms with Crippen molar-refractivity contribution in [3.63, 3.8) is 0 Å². The fourth-order valence-electron chi connectivity index (χ4n) is 5.46. The normalized spacial score (nSPS) is 17.6. The summed E-state index contributed by atoms with van der Waals surface area (Å²) in [5.41, 5.74) is 2.99. The zero-order valence-corrected chi connectivity index (χ0v) is 21.1. The van der Waals surface area contributed by atoms with Crippen LogP contribution >= 0.6 is 0 Å². The Bertz CT molecular complexity index is 1860. The molecule has 1 aromatic carbocycles. The molecule has 0 bridgehead atoms.